The standard InChI is InChI=1S/C24H32N4O8S2/c1-7-16(18-12-15(13-36-18)14(3)4)26-23-20(22(24(30)35-8-2)37(31,32)27-23)25-17-10-9-11-19(21(17)29)38(33,34)28(5)6/h9-14,16,25,29H,7-8H2,1-6H3,(H,26,27)/t16-/m1/s1. The summed E-state index contributed by atoms with van der Waals surface area (Å²) >= 11 is 0. The van der Waals surface area contributed by atoms with E-state index in [1.807, 2.05) is 26.8 Å². The number of phenolic OH excluding ortho intramolecular Hbond substituents is 1. The summed E-state index contributed by atoms with van der Waals surface area (Å²) in [6.45, 7) is 7.28. The van der Waals surface area contributed by atoms with Crippen LogP contribution in [0.3, 0.4) is 0 Å². The van der Waals surface area contributed by atoms with Crippen molar-refractivity contribution in [3.05, 3.63) is 52.5 Å². The lowest BCUT2D eigenvalue weighted by Gasteiger charge is -2.20. The van der Waals surface area contributed by atoms with Crippen LogP contribution in [0, 0.1) is 0 Å². The average Bonchev–Trinajstić information content (AvgIpc) is 3.41. The maximum atomic E-state index is 13.0. The van der Waals surface area contributed by atoms with Gasteiger partial charge in [0.25, 0.3) is 10.0 Å². The smallest absolute Gasteiger partial charge is 0.354 e. The van der Waals surface area contributed by atoms with Gasteiger partial charge in [-0.15, -0.1) is 4.40 Å². The number of amidine groups is 1. The Labute approximate surface area is 222 Å². The number of nitrogens with zero attached hydrogens (tertiary/aromatic N) is 2. The third-order valence-corrected chi connectivity index (χ3v) is 8.94. The van der Waals surface area contributed by atoms with Gasteiger partial charge in [0.15, 0.2) is 11.6 Å². The third-order valence-electron chi connectivity index (χ3n) is 5.78. The van der Waals surface area contributed by atoms with Crippen molar-refractivity contribution in [3.63, 3.8) is 0 Å². The number of rotatable bonds is 10. The molecule has 0 amide bonds. The monoisotopic (exact) mass is 568 g/mol. The van der Waals surface area contributed by atoms with Gasteiger partial charge in [-0.05, 0) is 43.0 Å². The number of phenols is 1. The zero-order chi connectivity index (χ0) is 28.4. The van der Waals surface area contributed by atoms with Crippen molar-refractivity contribution in [2.45, 2.75) is 51.0 Å². The summed E-state index contributed by atoms with van der Waals surface area (Å²) < 4.78 is 66.6. The molecule has 1 aliphatic heterocycles. The zero-order valence-electron chi connectivity index (χ0n) is 22.0. The Hall–Kier alpha value is -3.36. The number of ether oxygens (including phenoxy) is 1. The first-order chi connectivity index (χ1) is 17.7. The fourth-order valence-corrected chi connectivity index (χ4v) is 5.77. The molecule has 14 heteroatoms. The van der Waals surface area contributed by atoms with Gasteiger partial charge in [-0.2, -0.15) is 8.42 Å². The number of hydrogen-bond acceptors (Lipinski definition) is 10. The van der Waals surface area contributed by atoms with E-state index in [4.69, 9.17) is 9.15 Å². The Kier molecular flexibility index (Phi) is 8.58. The van der Waals surface area contributed by atoms with Crippen LogP contribution >= 0.6 is 0 Å². The number of nitrogens with one attached hydrogen (secondary N) is 2. The third kappa shape index (κ3) is 5.71. The number of furan rings is 1. The van der Waals surface area contributed by atoms with Gasteiger partial charge < -0.3 is 24.9 Å². The van der Waals surface area contributed by atoms with Crippen molar-refractivity contribution in [2.75, 3.05) is 26.0 Å². The molecule has 0 saturated heterocycles. The second-order valence-electron chi connectivity index (χ2n) is 8.95. The number of aromatic hydroxyl groups is 1. The Morgan fingerprint density at radius 2 is 1.92 bits per heavy atom. The molecule has 3 N–H and O–H groups in total. The predicted octanol–water partition coefficient (Wildman–Crippen LogP) is 3.03. The van der Waals surface area contributed by atoms with E-state index in [-0.39, 0.29) is 29.7 Å². The molecule has 1 atom stereocenters. The van der Waals surface area contributed by atoms with E-state index in [9.17, 15) is 26.7 Å². The highest BCUT2D eigenvalue weighted by Crippen LogP contribution is 2.36. The molecule has 3 rings (SSSR count). The van der Waals surface area contributed by atoms with Crippen LogP contribution in [0.4, 0.5) is 5.69 Å². The number of benzene rings is 1. The lowest BCUT2D eigenvalue weighted by molar-refractivity contribution is -0.137. The van der Waals surface area contributed by atoms with Gasteiger partial charge in [0, 0.05) is 14.1 Å². The van der Waals surface area contributed by atoms with Gasteiger partial charge >= 0.3 is 5.97 Å². The minimum absolute atomic E-state index is 0.0995. The Morgan fingerprint density at radius 3 is 2.47 bits per heavy atom. The highest BCUT2D eigenvalue weighted by atomic mass is 32.2. The molecule has 2 heterocycles. The van der Waals surface area contributed by atoms with Crippen LogP contribution in [-0.2, 0) is 29.6 Å². The van der Waals surface area contributed by atoms with Crippen molar-refractivity contribution in [2.24, 2.45) is 4.40 Å². The second kappa shape index (κ2) is 11.2. The number of anilines is 1. The molecule has 2 aromatic rings. The summed E-state index contributed by atoms with van der Waals surface area (Å²) in [6.07, 6.45) is 2.08. The number of esters is 1. The fraction of sp³-hybridized carbons (Fsp3) is 0.417. The normalized spacial score (nSPS) is 16.1. The van der Waals surface area contributed by atoms with Crippen LogP contribution < -0.4 is 10.6 Å². The van der Waals surface area contributed by atoms with Crippen molar-refractivity contribution < 1.29 is 35.9 Å². The molecule has 1 aromatic heterocycles. The van der Waals surface area contributed by atoms with Crippen LogP contribution in [0.5, 0.6) is 5.75 Å². The first-order valence-corrected chi connectivity index (χ1v) is 14.8. The predicted molar refractivity (Wildman–Crippen MR) is 142 cm³/mol. The molecule has 0 fully saturated rings. The molecule has 1 aromatic carbocycles. The molecule has 208 valence electrons. The van der Waals surface area contributed by atoms with Gasteiger partial charge in [0.1, 0.15) is 16.4 Å². The van der Waals surface area contributed by atoms with E-state index in [2.05, 4.69) is 15.0 Å². The van der Waals surface area contributed by atoms with E-state index in [0.717, 1.165) is 9.87 Å². The first kappa shape index (κ1) is 29.2. The lowest BCUT2D eigenvalue weighted by atomic mass is 10.1. The molecule has 0 radical (unpaired) electrons. The van der Waals surface area contributed by atoms with Crippen molar-refractivity contribution in [1.82, 2.24) is 9.62 Å². The fourth-order valence-electron chi connectivity index (χ4n) is 3.62. The maximum absolute atomic E-state index is 13.0. The van der Waals surface area contributed by atoms with Gasteiger partial charge in [0.05, 0.1) is 24.6 Å². The molecule has 0 spiro atoms. The number of hydrogen-bond donors (Lipinski definition) is 3. The van der Waals surface area contributed by atoms with Crippen LogP contribution in [0.15, 0.2) is 54.8 Å². The van der Waals surface area contributed by atoms with Crippen LogP contribution in [0.2, 0.25) is 0 Å². The molecular weight excluding hydrogens is 536 g/mol. The number of carbonyl (C=O) groups excluding carboxylic acids is 1. The summed E-state index contributed by atoms with van der Waals surface area (Å²) in [7, 11) is -5.94. The molecular formula is C24H32N4O8S2. The minimum atomic E-state index is -4.51. The van der Waals surface area contributed by atoms with E-state index in [0.29, 0.717) is 12.2 Å². The summed E-state index contributed by atoms with van der Waals surface area (Å²) in [5, 5.41) is 16.5. The van der Waals surface area contributed by atoms with E-state index in [1.54, 1.807) is 6.26 Å². The Bertz CT molecular complexity index is 1490. The largest absolute Gasteiger partial charge is 0.504 e. The van der Waals surface area contributed by atoms with Crippen LogP contribution in [0.1, 0.15) is 57.4 Å². The van der Waals surface area contributed by atoms with E-state index in [1.165, 1.54) is 39.2 Å². The number of para-hydroxylation sites is 1. The quantitative estimate of drug-likeness (QED) is 0.286. The van der Waals surface area contributed by atoms with Crippen molar-refractivity contribution in [3.8, 4) is 5.75 Å². The number of carbonyl (C=O) groups is 1. The highest BCUT2D eigenvalue weighted by molar-refractivity contribution is 7.95. The van der Waals surface area contributed by atoms with Crippen molar-refractivity contribution in [1.29, 1.82) is 0 Å². The topological polar surface area (TPSA) is 168 Å². The molecule has 0 unspecified atom stereocenters. The molecule has 0 aliphatic carbocycles. The second-order valence-corrected chi connectivity index (χ2v) is 12.6. The SMILES string of the molecule is CCOC(=O)C1=C(Nc2cccc(S(=O)(=O)N(C)C)c2O)C(N[C@H](CC)c2cc(C(C)C)co2)=NS1(=O)=O. The molecule has 0 bridgehead atoms. The Balaban J connectivity index is 2.11. The minimum Gasteiger partial charge on any atom is -0.504 e. The van der Waals surface area contributed by atoms with E-state index >= 15 is 0 Å². The van der Waals surface area contributed by atoms with Gasteiger partial charge in [0.2, 0.25) is 14.9 Å². The zero-order valence-corrected chi connectivity index (χ0v) is 23.6. The summed E-state index contributed by atoms with van der Waals surface area (Å²) in [5.74, 6) is -1.30. The average molecular weight is 569 g/mol. The summed E-state index contributed by atoms with van der Waals surface area (Å²) in [6, 6.07) is 5.22. The molecule has 12 nitrogen and oxygen atoms in total. The molecule has 0 saturated carbocycles. The lowest BCUT2D eigenvalue weighted by Crippen LogP contribution is -2.31. The molecule has 38 heavy (non-hydrogen) atoms. The maximum Gasteiger partial charge on any atom is 0.354 e. The van der Waals surface area contributed by atoms with Crippen molar-refractivity contribution >= 4 is 37.5 Å². The van der Waals surface area contributed by atoms with Gasteiger partial charge in [-0.3, -0.25) is 0 Å². The van der Waals surface area contributed by atoms with Gasteiger partial charge in [-0.1, -0.05) is 26.8 Å². The Morgan fingerprint density at radius 1 is 1.24 bits per heavy atom. The van der Waals surface area contributed by atoms with Gasteiger partial charge in [-0.25, -0.2) is 17.5 Å². The van der Waals surface area contributed by atoms with Crippen LogP contribution in [-0.4, -0.2) is 58.8 Å². The first-order valence-electron chi connectivity index (χ1n) is 11.9. The highest BCUT2D eigenvalue weighted by Gasteiger charge is 2.40. The molecule has 1 aliphatic rings. The summed E-state index contributed by atoms with van der Waals surface area (Å²) in [4.78, 5) is 11.5. The summed E-state index contributed by atoms with van der Waals surface area (Å²) in [5.41, 5.74) is 0.489. The number of sulfonamides is 2. The van der Waals surface area contributed by atoms with E-state index < -0.39 is 47.6 Å². The van der Waals surface area contributed by atoms with Crippen LogP contribution in [0.25, 0.3) is 0 Å².